The van der Waals surface area contributed by atoms with Crippen LogP contribution in [-0.4, -0.2) is 38.7 Å². The minimum absolute atomic E-state index is 0.217. The molecule has 6 heteroatoms. The number of carbonyl (C=O) groups excluding carboxylic acids is 2. The lowest BCUT2D eigenvalue weighted by Crippen LogP contribution is -2.34. The molecule has 122 valence electrons. The molecule has 1 rings (SSSR count). The van der Waals surface area contributed by atoms with Crippen molar-refractivity contribution in [2.75, 3.05) is 26.5 Å². The van der Waals surface area contributed by atoms with E-state index in [1.54, 1.807) is 7.11 Å². The van der Waals surface area contributed by atoms with Crippen LogP contribution in [0.4, 0.5) is 0 Å². The van der Waals surface area contributed by atoms with Crippen molar-refractivity contribution < 1.29 is 19.1 Å². The molecule has 2 unspecified atom stereocenters. The number of aldehydes is 1. The first-order chi connectivity index (χ1) is 10.7. The number of aryl methyl sites for hydroxylation is 1. The van der Waals surface area contributed by atoms with Gasteiger partial charge in [-0.05, 0) is 31.0 Å². The Kier molecular flexibility index (Phi) is 9.84. The summed E-state index contributed by atoms with van der Waals surface area (Å²) < 4.78 is 10.5. The summed E-state index contributed by atoms with van der Waals surface area (Å²) in [6, 6.07) is 10.2. The number of rotatable bonds is 11. The molecule has 0 aromatic heterocycles. The molecule has 0 saturated carbocycles. The largest absolute Gasteiger partial charge is 0.459 e. The molecule has 0 aliphatic carbocycles. The van der Waals surface area contributed by atoms with Crippen LogP contribution in [0.15, 0.2) is 30.3 Å². The zero-order valence-corrected chi connectivity index (χ0v) is 15.9. The predicted octanol–water partition coefficient (Wildman–Crippen LogP) is 3.41. The Bertz CT molecular complexity index is 455. The van der Waals surface area contributed by atoms with Crippen LogP contribution in [0.5, 0.6) is 0 Å². The van der Waals surface area contributed by atoms with Gasteiger partial charge >= 0.3 is 5.97 Å². The molecule has 0 bridgehead atoms. The number of esters is 1. The first-order valence-electron chi connectivity index (χ1n) is 7.14. The van der Waals surface area contributed by atoms with Crippen molar-refractivity contribution >= 4 is 40.5 Å². The summed E-state index contributed by atoms with van der Waals surface area (Å²) in [6.45, 7) is 0.749. The predicted molar refractivity (Wildman–Crippen MR) is 97.9 cm³/mol. The molecule has 22 heavy (non-hydrogen) atoms. The summed E-state index contributed by atoms with van der Waals surface area (Å²) in [5, 5.41) is 0. The summed E-state index contributed by atoms with van der Waals surface area (Å²) in [5.74, 6) is -0.808. The van der Waals surface area contributed by atoms with E-state index in [0.29, 0.717) is 6.61 Å². The molecule has 0 aliphatic heterocycles. The molecule has 1 aromatic rings. The summed E-state index contributed by atoms with van der Waals surface area (Å²) in [6.07, 6.45) is 4.75. The normalized spacial score (nSPS) is 13.9. The Morgan fingerprint density at radius 2 is 2.00 bits per heavy atom. The first kappa shape index (κ1) is 19.5. The zero-order valence-electron chi connectivity index (χ0n) is 12.7. The van der Waals surface area contributed by atoms with Crippen molar-refractivity contribution in [1.29, 1.82) is 0 Å². The Morgan fingerprint density at radius 1 is 1.27 bits per heavy atom. The lowest BCUT2D eigenvalue weighted by Gasteiger charge is -2.32. The maximum absolute atomic E-state index is 11.2. The SMILES string of the molecule is COCC(CCPI)(CCc1ccccc1)COC(=O)C=O. The molecular weight excluding hydrogens is 414 g/mol. The van der Waals surface area contributed by atoms with E-state index >= 15 is 0 Å². The van der Waals surface area contributed by atoms with Gasteiger partial charge in [0.05, 0.1) is 13.2 Å². The summed E-state index contributed by atoms with van der Waals surface area (Å²) >= 11 is 2.37. The van der Waals surface area contributed by atoms with Gasteiger partial charge in [0.1, 0.15) is 0 Å². The molecule has 0 aliphatic rings. The van der Waals surface area contributed by atoms with E-state index in [-0.39, 0.29) is 18.3 Å². The molecule has 0 amide bonds. The van der Waals surface area contributed by atoms with E-state index in [9.17, 15) is 9.59 Å². The zero-order chi connectivity index (χ0) is 16.3. The first-order valence-corrected chi connectivity index (χ1v) is 11.5. The third kappa shape index (κ3) is 7.16. The summed E-state index contributed by atoms with van der Waals surface area (Å²) in [4.78, 5) is 21.6. The molecular formula is C16H22IO4P. The average Bonchev–Trinajstić information content (AvgIpc) is 2.57. The van der Waals surface area contributed by atoms with Gasteiger partial charge in [-0.2, -0.15) is 0 Å². The lowest BCUT2D eigenvalue weighted by atomic mass is 9.81. The second kappa shape index (κ2) is 11.1. The molecule has 0 N–H and O–H groups in total. The van der Waals surface area contributed by atoms with Crippen molar-refractivity contribution in [3.63, 3.8) is 0 Å². The highest BCUT2D eigenvalue weighted by atomic mass is 127. The van der Waals surface area contributed by atoms with Crippen LogP contribution in [0.2, 0.25) is 0 Å². The van der Waals surface area contributed by atoms with Gasteiger partial charge < -0.3 is 9.47 Å². The number of hydrogen-bond acceptors (Lipinski definition) is 4. The van der Waals surface area contributed by atoms with Gasteiger partial charge in [-0.15, -0.1) is 0 Å². The maximum Gasteiger partial charge on any atom is 0.371 e. The van der Waals surface area contributed by atoms with E-state index in [2.05, 4.69) is 34.2 Å². The van der Waals surface area contributed by atoms with Crippen LogP contribution in [0.3, 0.4) is 0 Å². The van der Waals surface area contributed by atoms with Crippen LogP contribution < -0.4 is 0 Å². The van der Waals surface area contributed by atoms with E-state index in [1.165, 1.54) is 5.56 Å². The minimum atomic E-state index is -0.808. The highest BCUT2D eigenvalue weighted by molar-refractivity contribution is 14.2. The Morgan fingerprint density at radius 3 is 2.59 bits per heavy atom. The Labute approximate surface area is 146 Å². The van der Waals surface area contributed by atoms with Crippen molar-refractivity contribution in [3.8, 4) is 0 Å². The van der Waals surface area contributed by atoms with Gasteiger partial charge in [-0.3, -0.25) is 4.79 Å². The van der Waals surface area contributed by atoms with Gasteiger partial charge in [0, 0.05) is 12.5 Å². The Hall–Kier alpha value is -0.520. The van der Waals surface area contributed by atoms with Crippen LogP contribution in [0.1, 0.15) is 18.4 Å². The molecule has 4 nitrogen and oxygen atoms in total. The fourth-order valence-corrected chi connectivity index (χ4v) is 3.82. The topological polar surface area (TPSA) is 52.6 Å². The third-order valence-electron chi connectivity index (χ3n) is 3.60. The fraction of sp³-hybridized carbons (Fsp3) is 0.500. The van der Waals surface area contributed by atoms with Gasteiger partial charge in [0.2, 0.25) is 6.29 Å². The van der Waals surface area contributed by atoms with Gasteiger partial charge in [-0.1, -0.05) is 58.6 Å². The summed E-state index contributed by atoms with van der Waals surface area (Å²) in [7, 11) is 1.66. The average molecular weight is 436 g/mol. The fourth-order valence-electron chi connectivity index (χ4n) is 2.39. The minimum Gasteiger partial charge on any atom is -0.459 e. The number of methoxy groups -OCH3 is 1. The number of carbonyl (C=O) groups is 2. The highest BCUT2D eigenvalue weighted by Crippen LogP contribution is 2.34. The molecule has 0 saturated heterocycles. The van der Waals surface area contributed by atoms with Crippen LogP contribution in [0.25, 0.3) is 0 Å². The number of ether oxygens (including phenoxy) is 2. The van der Waals surface area contributed by atoms with E-state index in [1.807, 2.05) is 18.2 Å². The van der Waals surface area contributed by atoms with Crippen molar-refractivity contribution in [2.45, 2.75) is 19.3 Å². The van der Waals surface area contributed by atoms with E-state index < -0.39 is 5.97 Å². The number of benzene rings is 1. The van der Waals surface area contributed by atoms with Crippen molar-refractivity contribution in [2.24, 2.45) is 5.41 Å². The second-order valence-corrected chi connectivity index (χ2v) is 8.33. The second-order valence-electron chi connectivity index (χ2n) is 5.28. The summed E-state index contributed by atoms with van der Waals surface area (Å²) in [5.41, 5.74) is 1.02. The van der Waals surface area contributed by atoms with Gasteiger partial charge in [0.25, 0.3) is 0 Å². The number of hydrogen-bond donors (Lipinski definition) is 0. The van der Waals surface area contributed by atoms with Crippen LogP contribution in [0, 0.1) is 5.41 Å². The van der Waals surface area contributed by atoms with Crippen molar-refractivity contribution in [3.05, 3.63) is 35.9 Å². The van der Waals surface area contributed by atoms with Crippen molar-refractivity contribution in [1.82, 2.24) is 0 Å². The maximum atomic E-state index is 11.2. The monoisotopic (exact) mass is 436 g/mol. The molecule has 1 aromatic carbocycles. The third-order valence-corrected chi connectivity index (χ3v) is 5.66. The van der Waals surface area contributed by atoms with Gasteiger partial charge in [0.15, 0.2) is 0 Å². The molecule has 0 spiro atoms. The van der Waals surface area contributed by atoms with Crippen LogP contribution in [-0.2, 0) is 25.5 Å². The Balaban J connectivity index is 2.75. The quantitative estimate of drug-likeness (QED) is 0.176. The van der Waals surface area contributed by atoms with Crippen LogP contribution >= 0.6 is 28.3 Å². The molecule has 0 fully saturated rings. The standard InChI is InChI=1S/C16H22IO4P/c1-20-12-16(9-10-22-17,13-21-15(19)11-18)8-7-14-5-3-2-4-6-14/h2-6,11,22H,7-10,12-13H2,1H3. The lowest BCUT2D eigenvalue weighted by molar-refractivity contribution is -0.153. The highest BCUT2D eigenvalue weighted by Gasteiger charge is 2.31. The molecule has 2 atom stereocenters. The van der Waals surface area contributed by atoms with E-state index in [0.717, 1.165) is 31.6 Å². The van der Waals surface area contributed by atoms with Gasteiger partial charge in [-0.25, -0.2) is 4.79 Å². The molecule has 0 heterocycles. The molecule has 0 radical (unpaired) electrons. The van der Waals surface area contributed by atoms with E-state index in [4.69, 9.17) is 9.47 Å². The number of halogens is 1. The smallest absolute Gasteiger partial charge is 0.371 e.